The SMILES string of the molecule is CCCc1nc2ccc(Br)cc2c(=O)n1N=Cc1cc(OCC)c(OC)cc1Br. The minimum Gasteiger partial charge on any atom is -0.493 e. The second kappa shape index (κ2) is 9.54. The Morgan fingerprint density at radius 3 is 2.66 bits per heavy atom. The summed E-state index contributed by atoms with van der Waals surface area (Å²) < 4.78 is 14.0. The van der Waals surface area contributed by atoms with E-state index in [2.05, 4.69) is 41.9 Å². The highest BCUT2D eigenvalue weighted by atomic mass is 79.9. The normalized spacial score (nSPS) is 11.3. The van der Waals surface area contributed by atoms with Crippen LogP contribution in [0.25, 0.3) is 10.9 Å². The molecule has 3 aromatic rings. The van der Waals surface area contributed by atoms with Gasteiger partial charge in [0.1, 0.15) is 5.82 Å². The molecule has 0 saturated carbocycles. The predicted octanol–water partition coefficient (Wildman–Crippen LogP) is 5.16. The third kappa shape index (κ3) is 4.70. The molecule has 2 aromatic carbocycles. The predicted molar refractivity (Wildman–Crippen MR) is 123 cm³/mol. The van der Waals surface area contributed by atoms with Gasteiger partial charge >= 0.3 is 0 Å². The Morgan fingerprint density at radius 2 is 1.97 bits per heavy atom. The molecule has 0 N–H and O–H groups in total. The summed E-state index contributed by atoms with van der Waals surface area (Å²) in [5.74, 6) is 1.86. The van der Waals surface area contributed by atoms with Crippen LogP contribution in [0.1, 0.15) is 31.7 Å². The van der Waals surface area contributed by atoms with Crippen molar-refractivity contribution in [2.45, 2.75) is 26.7 Å². The van der Waals surface area contributed by atoms with Crippen molar-refractivity contribution in [1.29, 1.82) is 0 Å². The molecule has 0 amide bonds. The largest absolute Gasteiger partial charge is 0.493 e. The third-order valence-corrected chi connectivity index (χ3v) is 5.42. The molecule has 0 spiro atoms. The summed E-state index contributed by atoms with van der Waals surface area (Å²) in [5.41, 5.74) is 1.22. The van der Waals surface area contributed by atoms with Crippen LogP contribution in [0.4, 0.5) is 0 Å². The summed E-state index contributed by atoms with van der Waals surface area (Å²) in [6, 6.07) is 9.12. The lowest BCUT2D eigenvalue weighted by molar-refractivity contribution is 0.311. The van der Waals surface area contributed by atoms with Gasteiger partial charge in [0.15, 0.2) is 11.5 Å². The van der Waals surface area contributed by atoms with Gasteiger partial charge in [-0.3, -0.25) is 4.79 Å². The topological polar surface area (TPSA) is 65.7 Å². The van der Waals surface area contributed by atoms with E-state index in [4.69, 9.17) is 9.47 Å². The molecule has 6 nitrogen and oxygen atoms in total. The number of halogens is 2. The molecule has 0 aliphatic carbocycles. The lowest BCUT2D eigenvalue weighted by Gasteiger charge is -2.12. The number of benzene rings is 2. The van der Waals surface area contributed by atoms with Gasteiger partial charge in [0.05, 0.1) is 30.8 Å². The minimum absolute atomic E-state index is 0.203. The van der Waals surface area contributed by atoms with E-state index >= 15 is 0 Å². The van der Waals surface area contributed by atoms with Crippen molar-refractivity contribution in [2.24, 2.45) is 5.10 Å². The number of ether oxygens (including phenoxy) is 2. The van der Waals surface area contributed by atoms with Gasteiger partial charge in [0.2, 0.25) is 0 Å². The molecule has 0 unspecified atom stereocenters. The van der Waals surface area contributed by atoms with E-state index in [9.17, 15) is 4.79 Å². The van der Waals surface area contributed by atoms with E-state index in [0.29, 0.717) is 41.3 Å². The highest BCUT2D eigenvalue weighted by molar-refractivity contribution is 9.10. The summed E-state index contributed by atoms with van der Waals surface area (Å²) in [7, 11) is 1.59. The monoisotopic (exact) mass is 521 g/mol. The molecule has 1 aromatic heterocycles. The number of aromatic nitrogens is 2. The van der Waals surface area contributed by atoms with Crippen molar-refractivity contribution in [3.8, 4) is 11.5 Å². The molecule has 0 aliphatic heterocycles. The van der Waals surface area contributed by atoms with Crippen molar-refractivity contribution >= 4 is 49.0 Å². The molecule has 8 heteroatoms. The van der Waals surface area contributed by atoms with Crippen LogP contribution >= 0.6 is 31.9 Å². The van der Waals surface area contributed by atoms with Crippen LogP contribution in [0, 0.1) is 0 Å². The molecule has 0 saturated heterocycles. The fourth-order valence-electron chi connectivity index (χ4n) is 2.90. The van der Waals surface area contributed by atoms with Crippen LogP contribution in [0.15, 0.2) is 49.2 Å². The van der Waals surface area contributed by atoms with Crippen LogP contribution in [-0.2, 0) is 6.42 Å². The van der Waals surface area contributed by atoms with Gasteiger partial charge in [0.25, 0.3) is 5.56 Å². The summed E-state index contributed by atoms with van der Waals surface area (Å²) >= 11 is 6.94. The first-order valence-corrected chi connectivity index (χ1v) is 10.8. The zero-order valence-corrected chi connectivity index (χ0v) is 19.6. The molecule has 0 bridgehead atoms. The van der Waals surface area contributed by atoms with Crippen molar-refractivity contribution in [1.82, 2.24) is 9.66 Å². The molecular formula is C21H21Br2N3O3. The minimum atomic E-state index is -0.203. The second-order valence-electron chi connectivity index (χ2n) is 6.26. The Morgan fingerprint density at radius 1 is 1.17 bits per heavy atom. The van der Waals surface area contributed by atoms with Gasteiger partial charge in [-0.2, -0.15) is 9.78 Å². The first-order chi connectivity index (χ1) is 14.0. The van der Waals surface area contributed by atoms with Gasteiger partial charge in [-0.15, -0.1) is 0 Å². The van der Waals surface area contributed by atoms with E-state index < -0.39 is 0 Å². The number of aryl methyl sites for hydroxylation is 1. The lowest BCUT2D eigenvalue weighted by Crippen LogP contribution is -2.22. The van der Waals surface area contributed by atoms with E-state index in [1.54, 1.807) is 19.4 Å². The van der Waals surface area contributed by atoms with E-state index in [0.717, 1.165) is 20.9 Å². The van der Waals surface area contributed by atoms with E-state index in [1.807, 2.05) is 38.1 Å². The summed E-state index contributed by atoms with van der Waals surface area (Å²) in [4.78, 5) is 17.7. The molecule has 0 aliphatic rings. The van der Waals surface area contributed by atoms with Crippen LogP contribution < -0.4 is 15.0 Å². The Kier molecular flexibility index (Phi) is 7.08. The van der Waals surface area contributed by atoms with Crippen molar-refractivity contribution < 1.29 is 9.47 Å². The number of rotatable bonds is 7. The number of fused-ring (bicyclic) bond motifs is 1. The first-order valence-electron chi connectivity index (χ1n) is 9.24. The quantitative estimate of drug-likeness (QED) is 0.402. The zero-order valence-electron chi connectivity index (χ0n) is 16.4. The number of hydrogen-bond acceptors (Lipinski definition) is 5. The van der Waals surface area contributed by atoms with Gasteiger partial charge < -0.3 is 9.47 Å². The number of nitrogens with zero attached hydrogens (tertiary/aromatic N) is 3. The average molecular weight is 523 g/mol. The lowest BCUT2D eigenvalue weighted by atomic mass is 10.2. The molecular weight excluding hydrogens is 502 g/mol. The van der Waals surface area contributed by atoms with Gasteiger partial charge in [-0.25, -0.2) is 4.98 Å². The van der Waals surface area contributed by atoms with Gasteiger partial charge in [-0.1, -0.05) is 22.9 Å². The maximum absolute atomic E-state index is 13.1. The van der Waals surface area contributed by atoms with Gasteiger partial charge in [0, 0.05) is 20.9 Å². The summed E-state index contributed by atoms with van der Waals surface area (Å²) in [6.45, 7) is 4.46. The summed E-state index contributed by atoms with van der Waals surface area (Å²) in [6.07, 6.45) is 3.12. The van der Waals surface area contributed by atoms with Crippen molar-refractivity contribution in [3.05, 3.63) is 61.0 Å². The Bertz CT molecular complexity index is 1130. The molecule has 152 valence electrons. The third-order valence-electron chi connectivity index (χ3n) is 4.24. The molecule has 0 fully saturated rings. The standard InChI is InChI=1S/C21H21Br2N3O3/c1-4-6-20-25-17-8-7-14(22)10-15(17)21(27)26(20)24-12-13-9-19(29-5-2)18(28-3)11-16(13)23/h7-12H,4-6H2,1-3H3. The highest BCUT2D eigenvalue weighted by Gasteiger charge is 2.12. The molecule has 0 radical (unpaired) electrons. The van der Waals surface area contributed by atoms with Crippen molar-refractivity contribution in [2.75, 3.05) is 13.7 Å². The highest BCUT2D eigenvalue weighted by Crippen LogP contribution is 2.33. The molecule has 0 atom stereocenters. The Hall–Kier alpha value is -2.19. The number of hydrogen-bond donors (Lipinski definition) is 0. The fourth-order valence-corrected chi connectivity index (χ4v) is 3.68. The van der Waals surface area contributed by atoms with Crippen LogP contribution in [-0.4, -0.2) is 29.6 Å². The number of methoxy groups -OCH3 is 1. The van der Waals surface area contributed by atoms with Gasteiger partial charge in [-0.05, 0) is 59.6 Å². The molecule has 1 heterocycles. The maximum Gasteiger partial charge on any atom is 0.282 e. The molecule has 3 rings (SSSR count). The van der Waals surface area contributed by atoms with Crippen LogP contribution in [0.5, 0.6) is 11.5 Å². The second-order valence-corrected chi connectivity index (χ2v) is 8.03. The first kappa shape index (κ1) is 21.5. The average Bonchev–Trinajstić information content (AvgIpc) is 2.70. The Labute approximate surface area is 185 Å². The smallest absolute Gasteiger partial charge is 0.282 e. The zero-order chi connectivity index (χ0) is 21.0. The summed E-state index contributed by atoms with van der Waals surface area (Å²) in [5, 5.41) is 4.98. The van der Waals surface area contributed by atoms with Crippen LogP contribution in [0.2, 0.25) is 0 Å². The Balaban J connectivity index is 2.13. The molecule has 29 heavy (non-hydrogen) atoms. The maximum atomic E-state index is 13.1. The van der Waals surface area contributed by atoms with Crippen LogP contribution in [0.3, 0.4) is 0 Å². The van der Waals surface area contributed by atoms with Crippen molar-refractivity contribution in [3.63, 3.8) is 0 Å². The van der Waals surface area contributed by atoms with E-state index in [1.165, 1.54) is 4.68 Å². The van der Waals surface area contributed by atoms with E-state index in [-0.39, 0.29) is 5.56 Å². The fraction of sp³-hybridized carbons (Fsp3) is 0.286.